The van der Waals surface area contributed by atoms with Crippen molar-refractivity contribution >= 4 is 5.91 Å². The number of alkyl halides is 2. The van der Waals surface area contributed by atoms with E-state index in [-0.39, 0.29) is 6.54 Å². The van der Waals surface area contributed by atoms with E-state index >= 15 is 0 Å². The van der Waals surface area contributed by atoms with Crippen LogP contribution in [-0.4, -0.2) is 39.5 Å². The number of aromatic nitrogens is 2. The first-order valence-electron chi connectivity index (χ1n) is 11.6. The maximum atomic E-state index is 13.1. The van der Waals surface area contributed by atoms with Crippen molar-refractivity contribution in [2.24, 2.45) is 0 Å². The van der Waals surface area contributed by atoms with Gasteiger partial charge in [-0.1, -0.05) is 36.4 Å². The highest BCUT2D eigenvalue weighted by molar-refractivity contribution is 5.95. The fourth-order valence-electron chi connectivity index (χ4n) is 4.23. The van der Waals surface area contributed by atoms with Gasteiger partial charge in [0.1, 0.15) is 12.4 Å². The summed E-state index contributed by atoms with van der Waals surface area (Å²) in [6, 6.07) is 20.1. The molecule has 0 spiro atoms. The van der Waals surface area contributed by atoms with Crippen LogP contribution in [0.4, 0.5) is 8.78 Å². The second-order valence-corrected chi connectivity index (χ2v) is 9.03. The van der Waals surface area contributed by atoms with Gasteiger partial charge in [-0.25, -0.2) is 23.4 Å². The highest BCUT2D eigenvalue weighted by Crippen LogP contribution is 2.30. The second kappa shape index (κ2) is 9.53. The molecule has 0 bridgehead atoms. The van der Waals surface area contributed by atoms with Gasteiger partial charge in [-0.05, 0) is 65.1 Å². The van der Waals surface area contributed by atoms with Crippen LogP contribution in [0.2, 0.25) is 0 Å². The third kappa shape index (κ3) is 5.37. The molecule has 1 N–H and O–H groups in total. The van der Waals surface area contributed by atoms with Crippen LogP contribution in [0.3, 0.4) is 0 Å². The third-order valence-electron chi connectivity index (χ3n) is 6.13. The third-order valence-corrected chi connectivity index (χ3v) is 6.13. The molecule has 0 unspecified atom stereocenters. The summed E-state index contributed by atoms with van der Waals surface area (Å²) in [5.41, 5.74) is 4.23. The van der Waals surface area contributed by atoms with Crippen LogP contribution in [0.5, 0.6) is 5.75 Å². The summed E-state index contributed by atoms with van der Waals surface area (Å²) < 4.78 is 37.9. The SMILES string of the molecule is Cc1cc(C(=O)N2CC(F)(F)C2)ccc1-c1cccc(COc2ccc(Cn3oc(=O)[nH]c3=O)cc2)c1. The number of ether oxygens (including phenoxy) is 1. The summed E-state index contributed by atoms with van der Waals surface area (Å²) >= 11 is 0. The van der Waals surface area contributed by atoms with Crippen molar-refractivity contribution in [2.75, 3.05) is 13.1 Å². The number of likely N-dealkylation sites (tertiary alicyclic amines) is 1. The molecule has 4 aromatic rings. The minimum atomic E-state index is -2.79. The number of hydrogen-bond donors (Lipinski definition) is 1. The van der Waals surface area contributed by atoms with Crippen molar-refractivity contribution in [3.8, 4) is 16.9 Å². The van der Waals surface area contributed by atoms with Gasteiger partial charge in [-0.15, -0.1) is 4.74 Å². The van der Waals surface area contributed by atoms with E-state index in [2.05, 4.69) is 0 Å². The molecule has 1 aliphatic rings. The van der Waals surface area contributed by atoms with Gasteiger partial charge in [0.15, 0.2) is 0 Å². The van der Waals surface area contributed by atoms with Crippen molar-refractivity contribution in [1.82, 2.24) is 14.6 Å². The molecular formula is C27H23F2N3O5. The minimum Gasteiger partial charge on any atom is -0.489 e. The molecule has 0 atom stereocenters. The number of rotatable bonds is 7. The van der Waals surface area contributed by atoms with Crippen molar-refractivity contribution < 1.29 is 22.8 Å². The second-order valence-electron chi connectivity index (χ2n) is 9.03. The van der Waals surface area contributed by atoms with E-state index in [0.717, 1.165) is 37.5 Å². The van der Waals surface area contributed by atoms with E-state index < -0.39 is 36.4 Å². The lowest BCUT2D eigenvalue weighted by molar-refractivity contribution is -0.113. The minimum absolute atomic E-state index is 0.119. The van der Waals surface area contributed by atoms with E-state index in [1.807, 2.05) is 42.2 Å². The van der Waals surface area contributed by atoms with Crippen LogP contribution in [0.1, 0.15) is 27.0 Å². The molecule has 1 aliphatic heterocycles. The molecular weight excluding hydrogens is 484 g/mol. The first-order valence-corrected chi connectivity index (χ1v) is 11.6. The summed E-state index contributed by atoms with van der Waals surface area (Å²) in [6.07, 6.45) is 0. The number of aromatic amines is 1. The monoisotopic (exact) mass is 507 g/mol. The van der Waals surface area contributed by atoms with Crippen LogP contribution < -0.4 is 16.2 Å². The van der Waals surface area contributed by atoms with Crippen molar-refractivity contribution in [1.29, 1.82) is 0 Å². The predicted octanol–water partition coefficient (Wildman–Crippen LogP) is 3.82. The number of carbonyl (C=O) groups excluding carboxylic acids is 1. The Morgan fingerprint density at radius 3 is 2.43 bits per heavy atom. The first kappa shape index (κ1) is 24.2. The van der Waals surface area contributed by atoms with Crippen LogP contribution in [0, 0.1) is 6.92 Å². The molecule has 37 heavy (non-hydrogen) atoms. The van der Waals surface area contributed by atoms with Crippen LogP contribution in [0.25, 0.3) is 11.1 Å². The number of H-pyrrole nitrogens is 1. The summed E-state index contributed by atoms with van der Waals surface area (Å²) in [7, 11) is 0. The molecule has 10 heteroatoms. The molecule has 1 saturated heterocycles. The van der Waals surface area contributed by atoms with Gasteiger partial charge in [0.05, 0.1) is 19.6 Å². The maximum absolute atomic E-state index is 13.1. The van der Waals surface area contributed by atoms with Gasteiger partial charge < -0.3 is 14.2 Å². The zero-order valence-electron chi connectivity index (χ0n) is 19.9. The Labute approximate surface area is 209 Å². The van der Waals surface area contributed by atoms with E-state index in [1.54, 1.807) is 36.4 Å². The lowest BCUT2D eigenvalue weighted by Crippen LogP contribution is -2.58. The van der Waals surface area contributed by atoms with Crippen molar-refractivity contribution in [3.05, 3.63) is 110 Å². The fraction of sp³-hybridized carbons (Fsp3) is 0.222. The number of amides is 1. The van der Waals surface area contributed by atoms with E-state index in [1.165, 1.54) is 0 Å². The predicted molar refractivity (Wildman–Crippen MR) is 131 cm³/mol. The molecule has 1 amide bonds. The molecule has 0 aliphatic carbocycles. The Morgan fingerprint density at radius 1 is 1.03 bits per heavy atom. The van der Waals surface area contributed by atoms with E-state index in [9.17, 15) is 23.2 Å². The number of aryl methyl sites for hydroxylation is 1. The molecule has 0 radical (unpaired) electrons. The Bertz CT molecular complexity index is 1560. The van der Waals surface area contributed by atoms with Crippen LogP contribution >= 0.6 is 0 Å². The number of hydrogen-bond acceptors (Lipinski definition) is 5. The number of nitrogens with one attached hydrogen (secondary N) is 1. The van der Waals surface area contributed by atoms with Gasteiger partial charge in [-0.2, -0.15) is 0 Å². The van der Waals surface area contributed by atoms with Crippen LogP contribution in [0.15, 0.2) is 80.8 Å². The first-order chi connectivity index (χ1) is 17.7. The molecule has 8 nitrogen and oxygen atoms in total. The van der Waals surface area contributed by atoms with Gasteiger partial charge >= 0.3 is 11.4 Å². The molecule has 190 valence electrons. The Hall–Kier alpha value is -4.47. The molecule has 0 saturated carbocycles. The quantitative estimate of drug-likeness (QED) is 0.410. The van der Waals surface area contributed by atoms with Gasteiger partial charge in [-0.3, -0.25) is 4.79 Å². The molecule has 3 aromatic carbocycles. The number of carbonyl (C=O) groups is 1. The Balaban J connectivity index is 1.23. The Morgan fingerprint density at radius 2 is 1.78 bits per heavy atom. The van der Waals surface area contributed by atoms with Crippen LogP contribution in [-0.2, 0) is 13.2 Å². The van der Waals surface area contributed by atoms with Gasteiger partial charge in [0, 0.05) is 5.56 Å². The van der Waals surface area contributed by atoms with Gasteiger partial charge in [0.25, 0.3) is 11.8 Å². The van der Waals surface area contributed by atoms with E-state index in [4.69, 9.17) is 9.26 Å². The zero-order valence-corrected chi connectivity index (χ0v) is 19.9. The van der Waals surface area contributed by atoms with E-state index in [0.29, 0.717) is 17.9 Å². The molecule has 5 rings (SSSR count). The summed E-state index contributed by atoms with van der Waals surface area (Å²) in [5, 5.41) is 0. The normalized spacial score (nSPS) is 14.3. The lowest BCUT2D eigenvalue weighted by Gasteiger charge is -2.38. The molecule has 1 fully saturated rings. The Kier molecular flexibility index (Phi) is 6.24. The summed E-state index contributed by atoms with van der Waals surface area (Å²) in [4.78, 5) is 38.3. The standard InChI is InChI=1S/C27H23F2N3O5/c1-17-11-21(24(33)31-15-27(28,29)16-31)7-10-23(17)20-4-2-3-19(12-20)14-36-22-8-5-18(6-9-22)13-32-25(34)30-26(35)37-32/h2-12H,13-16H2,1H3,(H,30,34,35). The number of benzene rings is 3. The van der Waals surface area contributed by atoms with Crippen molar-refractivity contribution in [2.45, 2.75) is 26.0 Å². The fourth-order valence-corrected chi connectivity index (χ4v) is 4.23. The average molecular weight is 507 g/mol. The summed E-state index contributed by atoms with van der Waals surface area (Å²) in [5.74, 6) is -3.35. The highest BCUT2D eigenvalue weighted by atomic mass is 19.3. The molecule has 2 heterocycles. The largest absolute Gasteiger partial charge is 0.489 e. The van der Waals surface area contributed by atoms with Crippen molar-refractivity contribution in [3.63, 3.8) is 0 Å². The zero-order chi connectivity index (χ0) is 26.2. The number of halogens is 2. The average Bonchev–Trinajstić information content (AvgIpc) is 3.17. The lowest BCUT2D eigenvalue weighted by atomic mass is 9.96. The number of nitrogens with zero attached hydrogens (tertiary/aromatic N) is 2. The van der Waals surface area contributed by atoms with Gasteiger partial charge in [0.2, 0.25) is 0 Å². The summed E-state index contributed by atoms with van der Waals surface area (Å²) in [6.45, 7) is 1.24. The molecule has 1 aromatic heterocycles. The maximum Gasteiger partial charge on any atom is 0.440 e. The highest BCUT2D eigenvalue weighted by Gasteiger charge is 2.46. The topological polar surface area (TPSA) is 97.5 Å². The smallest absolute Gasteiger partial charge is 0.440 e.